The lowest BCUT2D eigenvalue weighted by atomic mass is 9.82. The average molecular weight is 213 g/mol. The van der Waals surface area contributed by atoms with E-state index < -0.39 is 0 Å². The van der Waals surface area contributed by atoms with Crippen molar-refractivity contribution >= 4 is 20.4 Å². The summed E-state index contributed by atoms with van der Waals surface area (Å²) in [6.45, 7) is 3.10. The molecule has 0 bridgehead atoms. The van der Waals surface area contributed by atoms with Crippen LogP contribution in [0.3, 0.4) is 0 Å². The van der Waals surface area contributed by atoms with Crippen molar-refractivity contribution in [2.45, 2.75) is 39.0 Å². The van der Waals surface area contributed by atoms with Crippen molar-refractivity contribution in [3.8, 4) is 0 Å². The molecule has 1 unspecified atom stereocenters. The van der Waals surface area contributed by atoms with Crippen LogP contribution in [0, 0.1) is 5.41 Å². The van der Waals surface area contributed by atoms with Crippen LogP contribution in [0.1, 0.15) is 39.0 Å². The van der Waals surface area contributed by atoms with Gasteiger partial charge in [-0.1, -0.05) is 32.0 Å². The first kappa shape index (κ1) is 11.7. The summed E-state index contributed by atoms with van der Waals surface area (Å²) in [5.41, 5.74) is 0.387. The van der Waals surface area contributed by atoms with E-state index in [2.05, 4.69) is 18.0 Å². The Labute approximate surface area is 88.3 Å². The highest BCUT2D eigenvalue weighted by Crippen LogP contribution is 2.36. The Morgan fingerprint density at radius 2 is 2.43 bits per heavy atom. The van der Waals surface area contributed by atoms with Crippen molar-refractivity contribution in [3.63, 3.8) is 0 Å². The second-order valence-corrected chi connectivity index (χ2v) is 5.23. The van der Waals surface area contributed by atoms with Gasteiger partial charge in [-0.05, 0) is 24.4 Å². The summed E-state index contributed by atoms with van der Waals surface area (Å²) in [6.07, 6.45) is 8.41. The summed E-state index contributed by atoms with van der Waals surface area (Å²) in [7, 11) is 1.46. The molecule has 1 amide bonds. The molecule has 0 spiro atoms. The predicted molar refractivity (Wildman–Crippen MR) is 63.1 cm³/mol. The van der Waals surface area contributed by atoms with Crippen LogP contribution in [0.25, 0.3) is 0 Å². The van der Waals surface area contributed by atoms with Gasteiger partial charge < -0.3 is 5.32 Å². The van der Waals surface area contributed by atoms with E-state index in [0.717, 1.165) is 13.0 Å². The van der Waals surface area contributed by atoms with E-state index in [9.17, 15) is 4.79 Å². The molecule has 0 radical (unpaired) electrons. The van der Waals surface area contributed by atoms with Crippen LogP contribution >= 0.6 is 8.20 Å². The zero-order valence-corrected chi connectivity index (χ0v) is 9.85. The smallest absolute Gasteiger partial charge is 0.207 e. The lowest BCUT2D eigenvalue weighted by molar-refractivity contribution is -0.109. The second kappa shape index (κ2) is 6.19. The van der Waals surface area contributed by atoms with E-state index in [1.165, 1.54) is 46.5 Å². The van der Waals surface area contributed by atoms with Crippen LogP contribution < -0.4 is 5.32 Å². The van der Waals surface area contributed by atoms with Crippen molar-refractivity contribution in [2.24, 2.45) is 5.41 Å². The monoisotopic (exact) mass is 213 g/mol. The van der Waals surface area contributed by atoms with Crippen LogP contribution in [0.5, 0.6) is 0 Å². The van der Waals surface area contributed by atoms with E-state index >= 15 is 0 Å². The first-order chi connectivity index (χ1) is 6.83. The maximum absolute atomic E-state index is 10.3. The van der Waals surface area contributed by atoms with Crippen LogP contribution in [-0.4, -0.2) is 24.9 Å². The van der Waals surface area contributed by atoms with Crippen molar-refractivity contribution in [1.82, 2.24) is 5.32 Å². The number of nitrogens with one attached hydrogen (secondary N) is 1. The Morgan fingerprint density at radius 1 is 1.57 bits per heavy atom. The van der Waals surface area contributed by atoms with E-state index in [4.69, 9.17) is 0 Å². The standard InChI is InChI=1S/C11H20NOP/c1-2-3-4-5-11(8-12-10-13)6-7-14-9-11/h7,10H,2-6,8-9H2,1H3,(H,12,13). The molecule has 1 heterocycles. The molecular formula is C11H20NOP. The molecule has 0 fully saturated rings. The maximum Gasteiger partial charge on any atom is 0.207 e. The van der Waals surface area contributed by atoms with Crippen molar-refractivity contribution in [2.75, 3.05) is 12.7 Å². The predicted octanol–water partition coefficient (Wildman–Crippen LogP) is 2.45. The fraction of sp³-hybridized carbons (Fsp3) is 0.818. The Bertz CT molecular complexity index is 195. The van der Waals surface area contributed by atoms with Gasteiger partial charge in [-0.15, -0.1) is 8.20 Å². The van der Waals surface area contributed by atoms with Crippen LogP contribution in [-0.2, 0) is 4.79 Å². The summed E-state index contributed by atoms with van der Waals surface area (Å²) in [6, 6.07) is 0. The minimum absolute atomic E-state index is 0.387. The number of hydrogen-bond donors (Lipinski definition) is 1. The molecule has 14 heavy (non-hydrogen) atoms. The molecule has 1 aliphatic rings. The molecule has 0 aliphatic carbocycles. The summed E-state index contributed by atoms with van der Waals surface area (Å²) in [5.74, 6) is 2.35. The van der Waals surface area contributed by atoms with E-state index in [0.29, 0.717) is 5.41 Å². The first-order valence-electron chi connectivity index (χ1n) is 5.48. The summed E-state index contributed by atoms with van der Waals surface area (Å²) in [5, 5.41) is 2.85. The Balaban J connectivity index is 2.33. The van der Waals surface area contributed by atoms with Crippen molar-refractivity contribution in [3.05, 3.63) is 0 Å². The molecule has 1 atom stereocenters. The minimum Gasteiger partial charge on any atom is -0.358 e. The van der Waals surface area contributed by atoms with Gasteiger partial charge in [-0.3, -0.25) is 4.79 Å². The van der Waals surface area contributed by atoms with Gasteiger partial charge in [-0.25, -0.2) is 0 Å². The highest BCUT2D eigenvalue weighted by Gasteiger charge is 2.30. The van der Waals surface area contributed by atoms with Crippen LogP contribution in [0.2, 0.25) is 0 Å². The van der Waals surface area contributed by atoms with Gasteiger partial charge in [0, 0.05) is 6.54 Å². The number of amides is 1. The first-order valence-corrected chi connectivity index (χ1v) is 6.63. The molecule has 0 saturated heterocycles. The van der Waals surface area contributed by atoms with Crippen molar-refractivity contribution in [1.29, 1.82) is 0 Å². The largest absolute Gasteiger partial charge is 0.358 e. The molecule has 0 aromatic carbocycles. The summed E-state index contributed by atoms with van der Waals surface area (Å²) >= 11 is 0. The van der Waals surface area contributed by atoms with Gasteiger partial charge in [0.25, 0.3) is 0 Å². The Morgan fingerprint density at radius 3 is 3.00 bits per heavy atom. The molecular weight excluding hydrogens is 193 g/mol. The molecule has 1 rings (SSSR count). The fourth-order valence-electron chi connectivity index (χ4n) is 1.99. The average Bonchev–Trinajstić information content (AvgIpc) is 2.65. The third kappa shape index (κ3) is 3.42. The van der Waals surface area contributed by atoms with Crippen LogP contribution in [0.15, 0.2) is 0 Å². The fourth-order valence-corrected chi connectivity index (χ4v) is 3.42. The topological polar surface area (TPSA) is 29.1 Å². The summed E-state index contributed by atoms with van der Waals surface area (Å²) < 4.78 is 0. The zero-order valence-electron chi connectivity index (χ0n) is 8.96. The third-order valence-corrected chi connectivity index (χ3v) is 4.25. The highest BCUT2D eigenvalue weighted by atomic mass is 31.1. The van der Waals surface area contributed by atoms with Gasteiger partial charge in [-0.2, -0.15) is 0 Å². The number of rotatable bonds is 7. The van der Waals surface area contributed by atoms with E-state index in [-0.39, 0.29) is 0 Å². The molecule has 1 N–H and O–H groups in total. The zero-order chi connectivity index (χ0) is 10.3. The quantitative estimate of drug-likeness (QED) is 0.393. The summed E-state index contributed by atoms with van der Waals surface area (Å²) in [4.78, 5) is 10.3. The molecule has 0 saturated carbocycles. The van der Waals surface area contributed by atoms with Gasteiger partial charge in [0.1, 0.15) is 0 Å². The number of hydrogen-bond acceptors (Lipinski definition) is 1. The van der Waals surface area contributed by atoms with Gasteiger partial charge in [0.15, 0.2) is 0 Å². The maximum atomic E-state index is 10.3. The Kier molecular flexibility index (Phi) is 5.17. The third-order valence-electron chi connectivity index (χ3n) is 2.95. The molecule has 0 aromatic rings. The lowest BCUT2D eigenvalue weighted by Gasteiger charge is -2.28. The van der Waals surface area contributed by atoms with Gasteiger partial charge in [0.05, 0.1) is 0 Å². The lowest BCUT2D eigenvalue weighted by Crippen LogP contribution is -2.34. The van der Waals surface area contributed by atoms with Crippen LogP contribution in [0.4, 0.5) is 0 Å². The highest BCUT2D eigenvalue weighted by molar-refractivity contribution is 7.39. The molecule has 0 aromatic heterocycles. The van der Waals surface area contributed by atoms with Gasteiger partial charge >= 0.3 is 0 Å². The number of unbranched alkanes of at least 4 members (excludes halogenated alkanes) is 2. The molecule has 3 heteroatoms. The molecule has 1 aliphatic heterocycles. The number of carbonyl (C=O) groups is 1. The van der Waals surface area contributed by atoms with Crippen molar-refractivity contribution < 1.29 is 4.79 Å². The molecule has 80 valence electrons. The van der Waals surface area contributed by atoms with E-state index in [1.54, 1.807) is 0 Å². The minimum atomic E-state index is 0.387. The Hall–Kier alpha value is -0.360. The normalized spacial score (nSPS) is 26.4. The number of carbonyl (C=O) groups excluding carboxylic acids is 1. The van der Waals surface area contributed by atoms with Gasteiger partial charge in [0.2, 0.25) is 6.41 Å². The second-order valence-electron chi connectivity index (χ2n) is 4.18. The van der Waals surface area contributed by atoms with E-state index in [1.807, 2.05) is 0 Å². The molecule has 2 nitrogen and oxygen atoms in total. The SMILES string of the molecule is CCCCCC1(CNC=O)CC=PC1.